The van der Waals surface area contributed by atoms with Crippen molar-refractivity contribution in [3.8, 4) is 0 Å². The fourth-order valence-corrected chi connectivity index (χ4v) is 1.82. The van der Waals surface area contributed by atoms with Crippen LogP contribution in [0.25, 0.3) is 5.70 Å². The molecule has 0 aliphatic rings. The normalized spacial score (nSPS) is 15.9. The van der Waals surface area contributed by atoms with Crippen molar-refractivity contribution >= 4 is 5.70 Å². The lowest BCUT2D eigenvalue weighted by Crippen LogP contribution is -2.08. The van der Waals surface area contributed by atoms with Crippen molar-refractivity contribution in [3.63, 3.8) is 0 Å². The molecule has 0 saturated heterocycles. The molecule has 0 amide bonds. The number of benzene rings is 1. The number of rotatable bonds is 5. The van der Waals surface area contributed by atoms with Crippen LogP contribution < -0.4 is 5.32 Å². The average molecular weight is 283 g/mol. The smallest absolute Gasteiger partial charge is 0.135 e. The van der Waals surface area contributed by atoms with Gasteiger partial charge in [0, 0.05) is 30.3 Å². The summed E-state index contributed by atoms with van der Waals surface area (Å²) in [6.07, 6.45) is 2.55. The van der Waals surface area contributed by atoms with Gasteiger partial charge in [0.1, 0.15) is 17.8 Å². The van der Waals surface area contributed by atoms with Gasteiger partial charge in [0.15, 0.2) is 0 Å². The lowest BCUT2D eigenvalue weighted by atomic mass is 10.0. The zero-order valence-corrected chi connectivity index (χ0v) is 12.2. The second-order valence-corrected chi connectivity index (χ2v) is 4.88. The molecule has 4 heteroatoms. The molecule has 2 unspecified atom stereocenters. The fraction of sp³-hybridized carbons (Fsp3) is 0.375. The summed E-state index contributed by atoms with van der Waals surface area (Å²) in [7, 11) is 1.66. The van der Waals surface area contributed by atoms with Crippen molar-refractivity contribution in [1.82, 2.24) is 5.32 Å². The summed E-state index contributed by atoms with van der Waals surface area (Å²) in [5.74, 6) is -1.47. The van der Waals surface area contributed by atoms with E-state index in [0.717, 1.165) is 11.6 Å². The molecule has 1 nitrogen and oxygen atoms in total. The van der Waals surface area contributed by atoms with Crippen molar-refractivity contribution in [2.24, 2.45) is 5.92 Å². The molecule has 110 valence electrons. The third kappa shape index (κ3) is 4.44. The highest BCUT2D eigenvalue weighted by Crippen LogP contribution is 2.20. The van der Waals surface area contributed by atoms with Crippen LogP contribution in [0.5, 0.6) is 0 Å². The summed E-state index contributed by atoms with van der Waals surface area (Å²) in [6, 6.07) is 3.42. The summed E-state index contributed by atoms with van der Waals surface area (Å²) in [6.45, 7) is 5.09. The van der Waals surface area contributed by atoms with Crippen LogP contribution in [0.2, 0.25) is 0 Å². The minimum Gasteiger partial charge on any atom is -0.388 e. The average Bonchev–Trinajstić information content (AvgIpc) is 2.36. The zero-order chi connectivity index (χ0) is 15.3. The van der Waals surface area contributed by atoms with E-state index in [2.05, 4.69) is 5.32 Å². The Bertz CT molecular complexity index is 518. The molecular weight excluding hydrogens is 263 g/mol. The van der Waals surface area contributed by atoms with E-state index in [0.29, 0.717) is 5.70 Å². The molecule has 0 heterocycles. The van der Waals surface area contributed by atoms with E-state index in [-0.39, 0.29) is 11.5 Å². The van der Waals surface area contributed by atoms with E-state index in [9.17, 15) is 13.2 Å². The number of hydrogen-bond acceptors (Lipinski definition) is 1. The van der Waals surface area contributed by atoms with Crippen LogP contribution in [-0.4, -0.2) is 13.2 Å². The largest absolute Gasteiger partial charge is 0.388 e. The molecule has 0 bridgehead atoms. The predicted molar refractivity (Wildman–Crippen MR) is 76.9 cm³/mol. The molecule has 20 heavy (non-hydrogen) atoms. The van der Waals surface area contributed by atoms with Gasteiger partial charge in [-0.3, -0.25) is 0 Å². The third-order valence-corrected chi connectivity index (χ3v) is 3.11. The van der Waals surface area contributed by atoms with Gasteiger partial charge in [0.2, 0.25) is 0 Å². The summed E-state index contributed by atoms with van der Waals surface area (Å²) in [4.78, 5) is 0. The Morgan fingerprint density at radius 3 is 2.40 bits per heavy atom. The van der Waals surface area contributed by atoms with Gasteiger partial charge in [-0.25, -0.2) is 13.2 Å². The Morgan fingerprint density at radius 1 is 1.25 bits per heavy atom. The Morgan fingerprint density at radius 2 is 1.90 bits per heavy atom. The molecule has 2 atom stereocenters. The predicted octanol–water partition coefficient (Wildman–Crippen LogP) is 4.47. The Kier molecular flexibility index (Phi) is 5.86. The van der Waals surface area contributed by atoms with Gasteiger partial charge in [0.25, 0.3) is 0 Å². The molecule has 0 aliphatic heterocycles. The summed E-state index contributed by atoms with van der Waals surface area (Å²) in [5, 5.41) is 2.88. The second-order valence-electron chi connectivity index (χ2n) is 4.88. The molecule has 0 aromatic heterocycles. The van der Waals surface area contributed by atoms with E-state index in [1.165, 1.54) is 19.1 Å². The molecule has 0 saturated carbocycles. The quantitative estimate of drug-likeness (QED) is 0.786. The number of nitrogens with one attached hydrogen (secondary N) is 1. The lowest BCUT2D eigenvalue weighted by molar-refractivity contribution is 0.300. The second kappa shape index (κ2) is 7.17. The zero-order valence-electron chi connectivity index (χ0n) is 12.2. The van der Waals surface area contributed by atoms with Crippen molar-refractivity contribution in [3.05, 3.63) is 53.1 Å². The number of alkyl halides is 1. The third-order valence-electron chi connectivity index (χ3n) is 3.11. The van der Waals surface area contributed by atoms with E-state index in [4.69, 9.17) is 0 Å². The van der Waals surface area contributed by atoms with E-state index < -0.39 is 17.8 Å². The number of halogens is 3. The maximum Gasteiger partial charge on any atom is 0.135 e. The van der Waals surface area contributed by atoms with E-state index in [1.807, 2.05) is 6.92 Å². The molecule has 0 fully saturated rings. The van der Waals surface area contributed by atoms with Gasteiger partial charge in [0.05, 0.1) is 0 Å². The first-order valence-corrected chi connectivity index (χ1v) is 6.52. The highest BCUT2D eigenvalue weighted by molar-refractivity contribution is 5.66. The Hall–Kier alpha value is -1.71. The molecule has 1 aromatic rings. The van der Waals surface area contributed by atoms with Gasteiger partial charge >= 0.3 is 0 Å². The summed E-state index contributed by atoms with van der Waals surface area (Å²) >= 11 is 0. The van der Waals surface area contributed by atoms with Crippen molar-refractivity contribution < 1.29 is 13.2 Å². The van der Waals surface area contributed by atoms with Crippen LogP contribution in [0.4, 0.5) is 13.2 Å². The molecular formula is C16H20F3N. The van der Waals surface area contributed by atoms with Crippen LogP contribution in [0.15, 0.2) is 35.9 Å². The monoisotopic (exact) mass is 283 g/mol. The minimum atomic E-state index is -0.945. The lowest BCUT2D eigenvalue weighted by Gasteiger charge is -2.11. The minimum absolute atomic E-state index is 0.220. The topological polar surface area (TPSA) is 12.0 Å². The molecule has 0 spiro atoms. The van der Waals surface area contributed by atoms with Gasteiger partial charge in [-0.05, 0) is 32.1 Å². The number of allylic oxidation sites excluding steroid dienone is 3. The molecule has 1 rings (SSSR count). The molecule has 1 N–H and O–H groups in total. The van der Waals surface area contributed by atoms with Gasteiger partial charge in [-0.2, -0.15) is 0 Å². The van der Waals surface area contributed by atoms with Gasteiger partial charge in [-0.15, -0.1) is 0 Å². The first-order valence-electron chi connectivity index (χ1n) is 6.52. The van der Waals surface area contributed by atoms with Crippen LogP contribution in [-0.2, 0) is 0 Å². The standard InChI is InChI=1S/C16H20F3N/c1-10(7-11(2)12(3)17)8-16(20-4)14-6-5-13(18)9-15(14)19/h5-9,11-12,20H,1-4H3/b10-7-,16-8-. The van der Waals surface area contributed by atoms with Crippen molar-refractivity contribution in [2.75, 3.05) is 7.05 Å². The van der Waals surface area contributed by atoms with Crippen molar-refractivity contribution in [1.29, 1.82) is 0 Å². The van der Waals surface area contributed by atoms with Crippen LogP contribution in [0.1, 0.15) is 26.3 Å². The first kappa shape index (κ1) is 16.3. The van der Waals surface area contributed by atoms with Crippen LogP contribution in [0, 0.1) is 17.6 Å². The van der Waals surface area contributed by atoms with Crippen molar-refractivity contribution in [2.45, 2.75) is 26.9 Å². The maximum atomic E-state index is 13.7. The summed E-state index contributed by atoms with van der Waals surface area (Å²) < 4.78 is 39.8. The van der Waals surface area contributed by atoms with Crippen LogP contribution in [0.3, 0.4) is 0 Å². The highest BCUT2D eigenvalue weighted by Gasteiger charge is 2.10. The highest BCUT2D eigenvalue weighted by atomic mass is 19.1. The first-order chi connectivity index (χ1) is 9.35. The number of hydrogen-bond donors (Lipinski definition) is 1. The van der Waals surface area contributed by atoms with Gasteiger partial charge < -0.3 is 5.32 Å². The molecule has 0 radical (unpaired) electrons. The molecule has 0 aliphatic carbocycles. The van der Waals surface area contributed by atoms with Crippen LogP contribution >= 0.6 is 0 Å². The van der Waals surface area contributed by atoms with E-state index in [1.54, 1.807) is 26.1 Å². The SMILES string of the molecule is CN/C(=C\C(C)=C/C(C)C(C)F)c1ccc(F)cc1F. The van der Waals surface area contributed by atoms with E-state index >= 15 is 0 Å². The molecule has 1 aromatic carbocycles. The summed E-state index contributed by atoms with van der Waals surface area (Å²) in [5.41, 5.74) is 1.62. The Labute approximate surface area is 118 Å². The fourth-order valence-electron chi connectivity index (χ4n) is 1.82. The maximum absolute atomic E-state index is 13.7. The van der Waals surface area contributed by atoms with Gasteiger partial charge in [-0.1, -0.05) is 18.6 Å². The Balaban J connectivity index is 3.09.